The lowest BCUT2D eigenvalue weighted by Crippen LogP contribution is -2.55. The van der Waals surface area contributed by atoms with E-state index in [0.717, 1.165) is 62.6 Å². The molecule has 0 saturated carbocycles. The highest BCUT2D eigenvalue weighted by Crippen LogP contribution is 2.19. The molecule has 0 aromatic carbocycles. The number of likely N-dealkylation sites (tertiary alicyclic amines) is 1. The Morgan fingerprint density at radius 2 is 1.96 bits per heavy atom. The Kier molecular flexibility index (Phi) is 9.51. The van der Waals surface area contributed by atoms with E-state index in [1.54, 1.807) is 0 Å². The number of guanidine groups is 1. The fraction of sp³-hybridized carbons (Fsp3) is 0.833. The first kappa shape index (κ1) is 22.6. The minimum atomic E-state index is 0. The van der Waals surface area contributed by atoms with E-state index in [9.17, 15) is 0 Å². The third-order valence-electron chi connectivity index (χ3n) is 5.49. The second-order valence-electron chi connectivity index (χ2n) is 7.03. The van der Waals surface area contributed by atoms with E-state index < -0.39 is 0 Å². The summed E-state index contributed by atoms with van der Waals surface area (Å²) in [6, 6.07) is 0.639. The van der Waals surface area contributed by atoms with Crippen LogP contribution in [-0.4, -0.2) is 84.0 Å². The largest absolute Gasteiger partial charge is 0.355 e. The van der Waals surface area contributed by atoms with Crippen LogP contribution in [0.4, 0.5) is 5.13 Å². The van der Waals surface area contributed by atoms with E-state index >= 15 is 0 Å². The summed E-state index contributed by atoms with van der Waals surface area (Å²) in [4.78, 5) is 16.5. The van der Waals surface area contributed by atoms with Crippen LogP contribution in [0.5, 0.6) is 0 Å². The summed E-state index contributed by atoms with van der Waals surface area (Å²) < 4.78 is 4.41. The van der Waals surface area contributed by atoms with Crippen molar-refractivity contribution in [3.05, 3.63) is 5.82 Å². The molecular formula is C18H34IN7S. The molecule has 2 saturated heterocycles. The van der Waals surface area contributed by atoms with E-state index in [1.807, 2.05) is 7.05 Å². The van der Waals surface area contributed by atoms with Crippen molar-refractivity contribution in [1.29, 1.82) is 0 Å². The SMILES string of the molecule is CCc1nsc(N2CCN(C(=NC)NCC3CCCCN3CC)CC2)n1.I. The van der Waals surface area contributed by atoms with Crippen LogP contribution in [0.2, 0.25) is 0 Å². The quantitative estimate of drug-likeness (QED) is 0.375. The molecule has 0 spiro atoms. The van der Waals surface area contributed by atoms with Crippen LogP contribution >= 0.6 is 35.5 Å². The van der Waals surface area contributed by atoms with Crippen molar-refractivity contribution in [3.8, 4) is 0 Å². The number of aryl methyl sites for hydroxylation is 1. The van der Waals surface area contributed by atoms with Gasteiger partial charge in [-0.1, -0.05) is 20.3 Å². The van der Waals surface area contributed by atoms with Crippen molar-refractivity contribution in [1.82, 2.24) is 24.5 Å². The second-order valence-corrected chi connectivity index (χ2v) is 7.76. The van der Waals surface area contributed by atoms with Gasteiger partial charge in [-0.2, -0.15) is 4.37 Å². The third-order valence-corrected chi connectivity index (χ3v) is 6.30. The summed E-state index contributed by atoms with van der Waals surface area (Å²) in [5.74, 6) is 2.00. The van der Waals surface area contributed by atoms with E-state index in [2.05, 4.69) is 48.2 Å². The minimum Gasteiger partial charge on any atom is -0.355 e. The molecule has 1 N–H and O–H groups in total. The number of hydrogen-bond donors (Lipinski definition) is 1. The predicted molar refractivity (Wildman–Crippen MR) is 125 cm³/mol. The molecule has 7 nitrogen and oxygen atoms in total. The van der Waals surface area contributed by atoms with E-state index in [4.69, 9.17) is 0 Å². The number of aromatic nitrogens is 2. The van der Waals surface area contributed by atoms with Gasteiger partial charge in [-0.15, -0.1) is 24.0 Å². The second kappa shape index (κ2) is 11.4. The maximum atomic E-state index is 4.62. The average Bonchev–Trinajstić information content (AvgIpc) is 3.18. The standard InChI is InChI=1S/C18H33N7S.HI/c1-4-16-21-18(26-22-16)25-12-10-24(11-13-25)17(19-3)20-14-15-8-6-7-9-23(15)5-2;/h15H,4-14H2,1-3H3,(H,19,20);1H. The minimum absolute atomic E-state index is 0. The first-order valence-electron chi connectivity index (χ1n) is 10.0. The normalized spacial score (nSPS) is 21.9. The summed E-state index contributed by atoms with van der Waals surface area (Å²) in [7, 11) is 1.89. The molecule has 1 unspecified atom stereocenters. The molecule has 0 aliphatic carbocycles. The van der Waals surface area contributed by atoms with Crippen molar-refractivity contribution in [2.75, 3.05) is 57.8 Å². The summed E-state index contributed by atoms with van der Waals surface area (Å²) in [5.41, 5.74) is 0. The number of likely N-dealkylation sites (N-methyl/N-ethyl adjacent to an activating group) is 1. The Labute approximate surface area is 184 Å². The maximum absolute atomic E-state index is 4.62. The van der Waals surface area contributed by atoms with Crippen molar-refractivity contribution >= 4 is 46.6 Å². The van der Waals surface area contributed by atoms with Gasteiger partial charge in [0.1, 0.15) is 5.82 Å². The van der Waals surface area contributed by atoms with Crippen LogP contribution in [0.1, 0.15) is 38.9 Å². The fourth-order valence-corrected chi connectivity index (χ4v) is 4.68. The number of hydrogen-bond acceptors (Lipinski definition) is 6. The van der Waals surface area contributed by atoms with Gasteiger partial charge in [0.15, 0.2) is 5.96 Å². The lowest BCUT2D eigenvalue weighted by atomic mass is 10.0. The van der Waals surface area contributed by atoms with E-state index in [-0.39, 0.29) is 24.0 Å². The molecule has 1 atom stereocenters. The van der Waals surface area contributed by atoms with Gasteiger partial charge in [-0.25, -0.2) is 4.98 Å². The van der Waals surface area contributed by atoms with Gasteiger partial charge in [-0.3, -0.25) is 9.89 Å². The molecule has 27 heavy (non-hydrogen) atoms. The predicted octanol–water partition coefficient (Wildman–Crippen LogP) is 2.29. The Morgan fingerprint density at radius 1 is 1.19 bits per heavy atom. The van der Waals surface area contributed by atoms with Crippen LogP contribution in [0.15, 0.2) is 4.99 Å². The van der Waals surface area contributed by atoms with Crippen LogP contribution in [0, 0.1) is 0 Å². The smallest absolute Gasteiger partial charge is 0.205 e. The molecule has 1 aromatic heterocycles. The average molecular weight is 507 g/mol. The molecule has 1 aromatic rings. The van der Waals surface area contributed by atoms with Gasteiger partial charge in [0.05, 0.1) is 0 Å². The topological polar surface area (TPSA) is 59.9 Å². The number of aliphatic imine (C=N–C) groups is 1. The first-order valence-corrected chi connectivity index (χ1v) is 10.8. The molecule has 0 radical (unpaired) electrons. The third kappa shape index (κ3) is 5.90. The van der Waals surface area contributed by atoms with Gasteiger partial charge in [0.25, 0.3) is 0 Å². The zero-order valence-electron chi connectivity index (χ0n) is 16.9. The van der Waals surface area contributed by atoms with Gasteiger partial charge in [0.2, 0.25) is 5.13 Å². The molecule has 3 heterocycles. The Morgan fingerprint density at radius 3 is 2.59 bits per heavy atom. The Balaban J connectivity index is 0.00000261. The van der Waals surface area contributed by atoms with Crippen LogP contribution in [0.25, 0.3) is 0 Å². The zero-order valence-corrected chi connectivity index (χ0v) is 20.0. The summed E-state index contributed by atoms with van der Waals surface area (Å²) in [6.45, 7) is 11.7. The highest BCUT2D eigenvalue weighted by Gasteiger charge is 2.24. The molecule has 0 amide bonds. The number of halogens is 1. The highest BCUT2D eigenvalue weighted by molar-refractivity contribution is 14.0. The molecule has 3 rings (SSSR count). The monoisotopic (exact) mass is 507 g/mol. The van der Waals surface area contributed by atoms with Crippen molar-refractivity contribution in [2.45, 2.75) is 45.6 Å². The maximum Gasteiger partial charge on any atom is 0.205 e. The van der Waals surface area contributed by atoms with Crippen LogP contribution in [-0.2, 0) is 6.42 Å². The summed E-state index contributed by atoms with van der Waals surface area (Å²) >= 11 is 1.52. The number of rotatable bonds is 5. The molecule has 9 heteroatoms. The lowest BCUT2D eigenvalue weighted by Gasteiger charge is -2.38. The highest BCUT2D eigenvalue weighted by atomic mass is 127. The van der Waals surface area contributed by atoms with Crippen molar-refractivity contribution < 1.29 is 0 Å². The molecule has 2 aliphatic rings. The van der Waals surface area contributed by atoms with Gasteiger partial charge >= 0.3 is 0 Å². The summed E-state index contributed by atoms with van der Waals surface area (Å²) in [6.07, 6.45) is 4.89. The number of nitrogens with zero attached hydrogens (tertiary/aromatic N) is 6. The number of piperidine rings is 1. The van der Waals surface area contributed by atoms with E-state index in [1.165, 1.54) is 37.3 Å². The molecule has 2 fully saturated rings. The Bertz CT molecular complexity index is 586. The molecule has 2 aliphatic heterocycles. The van der Waals surface area contributed by atoms with Gasteiger partial charge < -0.3 is 15.1 Å². The summed E-state index contributed by atoms with van der Waals surface area (Å²) in [5, 5.41) is 4.69. The zero-order chi connectivity index (χ0) is 18.4. The fourth-order valence-electron chi connectivity index (χ4n) is 3.88. The number of nitrogens with one attached hydrogen (secondary N) is 1. The van der Waals surface area contributed by atoms with E-state index in [0.29, 0.717) is 6.04 Å². The lowest BCUT2D eigenvalue weighted by molar-refractivity contribution is 0.156. The molecule has 154 valence electrons. The first-order chi connectivity index (χ1) is 12.7. The Hall–Kier alpha value is -0.680. The number of piperazine rings is 1. The molecule has 0 bridgehead atoms. The number of anilines is 1. The van der Waals surface area contributed by atoms with Crippen LogP contribution < -0.4 is 10.2 Å². The van der Waals surface area contributed by atoms with Crippen molar-refractivity contribution in [2.24, 2.45) is 4.99 Å². The van der Waals surface area contributed by atoms with Crippen LogP contribution in [0.3, 0.4) is 0 Å². The van der Waals surface area contributed by atoms with Gasteiger partial charge in [0, 0.05) is 63.8 Å². The molecular weight excluding hydrogens is 473 g/mol. The van der Waals surface area contributed by atoms with Gasteiger partial charge in [-0.05, 0) is 25.9 Å². The van der Waals surface area contributed by atoms with Crippen molar-refractivity contribution in [3.63, 3.8) is 0 Å².